The van der Waals surface area contributed by atoms with Crippen molar-refractivity contribution >= 4 is 23.6 Å². The number of benzene rings is 3. The highest BCUT2D eigenvalue weighted by molar-refractivity contribution is 6.23. The first-order valence-electron chi connectivity index (χ1n) is 11.4. The average molecular weight is 470 g/mol. The standard InChI is InChI=1S/C29H27NO5/c1-4-34-29(32)27-20(2)30(23-12-16-24(33-3)17-13-23)28(31)26(27)18-21-10-14-25(15-11-21)35-19-22-8-6-5-7-9-22/h5-18H,4,19H2,1-3H3/b26-18-. The van der Waals surface area contributed by atoms with Crippen molar-refractivity contribution in [3.8, 4) is 11.5 Å². The minimum atomic E-state index is -0.525. The molecule has 3 aromatic carbocycles. The first kappa shape index (κ1) is 23.8. The Labute approximate surface area is 205 Å². The zero-order chi connectivity index (χ0) is 24.8. The summed E-state index contributed by atoms with van der Waals surface area (Å²) in [6, 6.07) is 24.4. The van der Waals surface area contributed by atoms with Crippen LogP contribution in [0, 0.1) is 0 Å². The van der Waals surface area contributed by atoms with E-state index < -0.39 is 5.97 Å². The normalized spacial score (nSPS) is 14.4. The predicted molar refractivity (Wildman–Crippen MR) is 135 cm³/mol. The maximum absolute atomic E-state index is 13.5. The van der Waals surface area contributed by atoms with E-state index in [1.807, 2.05) is 54.6 Å². The molecule has 0 atom stereocenters. The Kier molecular flexibility index (Phi) is 7.31. The minimum Gasteiger partial charge on any atom is -0.497 e. The lowest BCUT2D eigenvalue weighted by molar-refractivity contribution is -0.138. The van der Waals surface area contributed by atoms with Crippen molar-refractivity contribution in [2.45, 2.75) is 20.5 Å². The molecule has 4 rings (SSSR count). The highest BCUT2D eigenvalue weighted by atomic mass is 16.5. The summed E-state index contributed by atoms with van der Waals surface area (Å²) in [5.41, 5.74) is 3.56. The average Bonchev–Trinajstić information content (AvgIpc) is 3.13. The number of allylic oxidation sites excluding steroid dienone is 1. The smallest absolute Gasteiger partial charge is 0.340 e. The maximum Gasteiger partial charge on any atom is 0.340 e. The number of nitrogens with zero attached hydrogens (tertiary/aromatic N) is 1. The second-order valence-electron chi connectivity index (χ2n) is 7.92. The van der Waals surface area contributed by atoms with Crippen molar-refractivity contribution in [2.75, 3.05) is 18.6 Å². The molecule has 0 bridgehead atoms. The molecule has 1 amide bonds. The Hall–Kier alpha value is -4.32. The Bertz CT molecular complexity index is 1260. The largest absolute Gasteiger partial charge is 0.497 e. The number of amides is 1. The number of anilines is 1. The van der Waals surface area contributed by atoms with E-state index in [0.717, 1.165) is 11.1 Å². The highest BCUT2D eigenvalue weighted by Gasteiger charge is 2.38. The van der Waals surface area contributed by atoms with E-state index in [-0.39, 0.29) is 23.7 Å². The number of rotatable bonds is 8. The van der Waals surface area contributed by atoms with Gasteiger partial charge in [0.15, 0.2) is 0 Å². The molecular formula is C29H27NO5. The van der Waals surface area contributed by atoms with Gasteiger partial charge in [-0.15, -0.1) is 0 Å². The molecule has 1 aliphatic heterocycles. The zero-order valence-corrected chi connectivity index (χ0v) is 20.0. The summed E-state index contributed by atoms with van der Waals surface area (Å²) in [6.07, 6.45) is 1.71. The van der Waals surface area contributed by atoms with Gasteiger partial charge < -0.3 is 14.2 Å². The van der Waals surface area contributed by atoms with Gasteiger partial charge >= 0.3 is 5.97 Å². The van der Waals surface area contributed by atoms with Gasteiger partial charge in [-0.1, -0.05) is 42.5 Å². The minimum absolute atomic E-state index is 0.215. The number of methoxy groups -OCH3 is 1. The fraction of sp³-hybridized carbons (Fsp3) is 0.172. The molecule has 3 aromatic rings. The Morgan fingerprint density at radius 2 is 1.57 bits per heavy atom. The molecule has 0 saturated carbocycles. The van der Waals surface area contributed by atoms with Crippen LogP contribution >= 0.6 is 0 Å². The first-order chi connectivity index (χ1) is 17.0. The van der Waals surface area contributed by atoms with Gasteiger partial charge in [0.2, 0.25) is 0 Å². The summed E-state index contributed by atoms with van der Waals surface area (Å²) in [5, 5.41) is 0. The summed E-state index contributed by atoms with van der Waals surface area (Å²) in [4.78, 5) is 27.8. The first-order valence-corrected chi connectivity index (χ1v) is 11.4. The summed E-state index contributed by atoms with van der Waals surface area (Å²) >= 11 is 0. The van der Waals surface area contributed by atoms with Crippen molar-refractivity contribution in [1.29, 1.82) is 0 Å². The van der Waals surface area contributed by atoms with Crippen LogP contribution in [0.15, 0.2) is 95.7 Å². The zero-order valence-electron chi connectivity index (χ0n) is 20.0. The molecule has 35 heavy (non-hydrogen) atoms. The van der Waals surface area contributed by atoms with Crippen LogP contribution in [0.2, 0.25) is 0 Å². The van der Waals surface area contributed by atoms with Gasteiger partial charge in [-0.25, -0.2) is 4.79 Å². The van der Waals surface area contributed by atoms with Crippen LogP contribution in [0.5, 0.6) is 11.5 Å². The Balaban J connectivity index is 1.61. The fourth-order valence-electron chi connectivity index (χ4n) is 3.89. The Morgan fingerprint density at radius 3 is 2.20 bits per heavy atom. The second-order valence-corrected chi connectivity index (χ2v) is 7.92. The third-order valence-electron chi connectivity index (χ3n) is 5.65. The third kappa shape index (κ3) is 5.27. The number of esters is 1. The molecule has 0 unspecified atom stereocenters. The fourth-order valence-corrected chi connectivity index (χ4v) is 3.89. The Morgan fingerprint density at radius 1 is 0.914 bits per heavy atom. The molecule has 0 saturated heterocycles. The molecule has 6 heteroatoms. The topological polar surface area (TPSA) is 65.1 Å². The van der Waals surface area contributed by atoms with Crippen molar-refractivity contribution in [2.24, 2.45) is 0 Å². The van der Waals surface area contributed by atoms with Crippen LogP contribution < -0.4 is 14.4 Å². The molecule has 0 aliphatic carbocycles. The van der Waals surface area contributed by atoms with E-state index in [2.05, 4.69) is 0 Å². The lowest BCUT2D eigenvalue weighted by Gasteiger charge is -2.18. The number of ether oxygens (including phenoxy) is 3. The molecule has 0 fully saturated rings. The number of carbonyl (C=O) groups excluding carboxylic acids is 2. The molecule has 0 radical (unpaired) electrons. The lowest BCUT2D eigenvalue weighted by Crippen LogP contribution is -2.24. The summed E-state index contributed by atoms with van der Waals surface area (Å²) < 4.78 is 16.3. The summed E-state index contributed by atoms with van der Waals surface area (Å²) in [5.74, 6) is 0.576. The van der Waals surface area contributed by atoms with Gasteiger partial charge in [0.05, 0.1) is 24.9 Å². The van der Waals surface area contributed by atoms with Crippen molar-refractivity contribution in [1.82, 2.24) is 0 Å². The summed E-state index contributed by atoms with van der Waals surface area (Å²) in [7, 11) is 1.58. The molecule has 0 spiro atoms. The van der Waals surface area contributed by atoms with E-state index >= 15 is 0 Å². The van der Waals surface area contributed by atoms with Crippen molar-refractivity contribution < 1.29 is 23.8 Å². The van der Waals surface area contributed by atoms with E-state index in [4.69, 9.17) is 14.2 Å². The maximum atomic E-state index is 13.5. The number of hydrogen-bond donors (Lipinski definition) is 0. The quantitative estimate of drug-likeness (QED) is 0.320. The number of carbonyl (C=O) groups is 2. The van der Waals surface area contributed by atoms with Gasteiger partial charge in [-0.3, -0.25) is 9.69 Å². The van der Waals surface area contributed by atoms with Gasteiger partial charge in [0.1, 0.15) is 18.1 Å². The van der Waals surface area contributed by atoms with Crippen molar-refractivity contribution in [3.05, 3.63) is 107 Å². The van der Waals surface area contributed by atoms with E-state index in [0.29, 0.717) is 29.5 Å². The van der Waals surface area contributed by atoms with Crippen LogP contribution in [-0.4, -0.2) is 25.6 Å². The van der Waals surface area contributed by atoms with Crippen LogP contribution in [0.3, 0.4) is 0 Å². The predicted octanol–water partition coefficient (Wildman–Crippen LogP) is 5.54. The van der Waals surface area contributed by atoms with Gasteiger partial charge in [-0.05, 0) is 67.4 Å². The molecule has 1 heterocycles. The van der Waals surface area contributed by atoms with E-state index in [1.165, 1.54) is 4.90 Å². The van der Waals surface area contributed by atoms with Crippen LogP contribution in [0.4, 0.5) is 5.69 Å². The molecular weight excluding hydrogens is 442 g/mol. The second kappa shape index (κ2) is 10.7. The lowest BCUT2D eigenvalue weighted by atomic mass is 10.0. The summed E-state index contributed by atoms with van der Waals surface area (Å²) in [6.45, 7) is 4.16. The van der Waals surface area contributed by atoms with Gasteiger partial charge in [-0.2, -0.15) is 0 Å². The molecule has 1 aliphatic rings. The molecule has 6 nitrogen and oxygen atoms in total. The van der Waals surface area contributed by atoms with Crippen LogP contribution in [-0.2, 0) is 20.9 Å². The molecule has 0 N–H and O–H groups in total. The third-order valence-corrected chi connectivity index (χ3v) is 5.65. The van der Waals surface area contributed by atoms with Gasteiger partial charge in [0.25, 0.3) is 5.91 Å². The monoisotopic (exact) mass is 469 g/mol. The van der Waals surface area contributed by atoms with Gasteiger partial charge in [0, 0.05) is 11.4 Å². The van der Waals surface area contributed by atoms with Crippen molar-refractivity contribution in [3.63, 3.8) is 0 Å². The molecule has 178 valence electrons. The van der Waals surface area contributed by atoms with E-state index in [1.54, 1.807) is 51.3 Å². The highest BCUT2D eigenvalue weighted by Crippen LogP contribution is 2.36. The molecule has 0 aromatic heterocycles. The van der Waals surface area contributed by atoms with E-state index in [9.17, 15) is 9.59 Å². The van der Waals surface area contributed by atoms with Crippen LogP contribution in [0.25, 0.3) is 6.08 Å². The van der Waals surface area contributed by atoms with Crippen LogP contribution in [0.1, 0.15) is 25.0 Å². The SMILES string of the molecule is CCOC(=O)C1=C(C)N(c2ccc(OC)cc2)C(=O)/C1=C\c1ccc(OCc2ccccc2)cc1. The number of hydrogen-bond acceptors (Lipinski definition) is 5.